The molecule has 0 amide bonds. The number of aryl methyl sites for hydroxylation is 1. The van der Waals surface area contributed by atoms with E-state index in [1.165, 1.54) is 18.2 Å². The van der Waals surface area contributed by atoms with Gasteiger partial charge in [-0.25, -0.2) is 8.78 Å². The normalized spacial score (nSPS) is 12.5. The van der Waals surface area contributed by atoms with Crippen molar-refractivity contribution in [3.05, 3.63) is 69.7 Å². The summed E-state index contributed by atoms with van der Waals surface area (Å²) in [5.74, 6) is -0.852. The first kappa shape index (κ1) is 14.0. The largest absolute Gasteiger partial charge is 0.388 e. The topological polar surface area (TPSA) is 20.2 Å². The summed E-state index contributed by atoms with van der Waals surface area (Å²) in [6.07, 6.45) is -0.598. The molecular formula is C15H13ClF2O. The molecular weight excluding hydrogens is 270 g/mol. The van der Waals surface area contributed by atoms with Crippen molar-refractivity contribution in [1.82, 2.24) is 0 Å². The van der Waals surface area contributed by atoms with Gasteiger partial charge in [-0.15, -0.1) is 0 Å². The maximum absolute atomic E-state index is 13.4. The highest BCUT2D eigenvalue weighted by Gasteiger charge is 2.11. The van der Waals surface area contributed by atoms with E-state index in [1.54, 1.807) is 25.1 Å². The summed E-state index contributed by atoms with van der Waals surface area (Å²) in [6, 6.07) is 8.87. The molecule has 0 aliphatic heterocycles. The molecule has 1 atom stereocenters. The zero-order chi connectivity index (χ0) is 14.0. The van der Waals surface area contributed by atoms with Crippen molar-refractivity contribution in [3.63, 3.8) is 0 Å². The van der Waals surface area contributed by atoms with Gasteiger partial charge in [0, 0.05) is 6.42 Å². The van der Waals surface area contributed by atoms with Crippen molar-refractivity contribution >= 4 is 11.6 Å². The van der Waals surface area contributed by atoms with Crippen LogP contribution in [-0.2, 0) is 6.42 Å². The van der Waals surface area contributed by atoms with E-state index >= 15 is 0 Å². The van der Waals surface area contributed by atoms with Gasteiger partial charge in [0.25, 0.3) is 0 Å². The van der Waals surface area contributed by atoms with Gasteiger partial charge in [0.05, 0.1) is 11.1 Å². The van der Waals surface area contributed by atoms with Crippen molar-refractivity contribution in [2.75, 3.05) is 0 Å². The zero-order valence-corrected chi connectivity index (χ0v) is 11.1. The van der Waals surface area contributed by atoms with Crippen molar-refractivity contribution in [3.8, 4) is 0 Å². The number of aliphatic hydroxyl groups excluding tert-OH is 1. The Morgan fingerprint density at radius 1 is 1.11 bits per heavy atom. The molecule has 0 fully saturated rings. The van der Waals surface area contributed by atoms with Crippen LogP contribution in [-0.4, -0.2) is 5.11 Å². The highest BCUT2D eigenvalue weighted by atomic mass is 35.5. The molecule has 0 saturated heterocycles. The van der Waals surface area contributed by atoms with E-state index in [9.17, 15) is 13.9 Å². The van der Waals surface area contributed by atoms with Crippen LogP contribution in [0.15, 0.2) is 36.4 Å². The lowest BCUT2D eigenvalue weighted by molar-refractivity contribution is 0.178. The molecule has 0 heterocycles. The number of hydrogen-bond donors (Lipinski definition) is 1. The summed E-state index contributed by atoms with van der Waals surface area (Å²) >= 11 is 5.67. The summed E-state index contributed by atoms with van der Waals surface area (Å²) in [5.41, 5.74) is 1.71. The van der Waals surface area contributed by atoms with E-state index in [4.69, 9.17) is 11.6 Å². The molecule has 2 rings (SSSR count). The minimum atomic E-state index is -0.850. The lowest BCUT2D eigenvalue weighted by Crippen LogP contribution is -2.03. The minimum absolute atomic E-state index is 0.0137. The second kappa shape index (κ2) is 5.68. The highest BCUT2D eigenvalue weighted by molar-refractivity contribution is 6.30. The fraction of sp³-hybridized carbons (Fsp3) is 0.200. The van der Waals surface area contributed by atoms with Gasteiger partial charge in [0.2, 0.25) is 0 Å². The van der Waals surface area contributed by atoms with Crippen molar-refractivity contribution in [2.24, 2.45) is 0 Å². The van der Waals surface area contributed by atoms with E-state index in [-0.39, 0.29) is 17.3 Å². The van der Waals surface area contributed by atoms with Crippen LogP contribution >= 0.6 is 11.6 Å². The van der Waals surface area contributed by atoms with Crippen LogP contribution in [0.4, 0.5) is 8.78 Å². The monoisotopic (exact) mass is 282 g/mol. The third kappa shape index (κ3) is 3.31. The Balaban J connectivity index is 2.17. The summed E-state index contributed by atoms with van der Waals surface area (Å²) in [5, 5.41) is 10.1. The maximum Gasteiger partial charge on any atom is 0.141 e. The molecule has 0 spiro atoms. The average molecular weight is 283 g/mol. The molecule has 1 nitrogen and oxygen atoms in total. The number of rotatable bonds is 3. The Labute approximate surface area is 115 Å². The average Bonchev–Trinajstić information content (AvgIpc) is 2.37. The molecule has 0 aliphatic carbocycles. The van der Waals surface area contributed by atoms with Gasteiger partial charge in [-0.3, -0.25) is 0 Å². The SMILES string of the molecule is Cc1ccc(C(O)Cc2ccc(F)c(Cl)c2)cc1F. The van der Waals surface area contributed by atoms with Crippen LogP contribution in [0.2, 0.25) is 5.02 Å². The summed E-state index contributed by atoms with van der Waals surface area (Å²) in [7, 11) is 0. The van der Waals surface area contributed by atoms with Crippen molar-refractivity contribution in [2.45, 2.75) is 19.4 Å². The molecule has 0 aliphatic rings. The predicted octanol–water partition coefficient (Wildman–Crippen LogP) is 4.20. The first-order valence-corrected chi connectivity index (χ1v) is 6.23. The fourth-order valence-corrected chi connectivity index (χ4v) is 2.03. The lowest BCUT2D eigenvalue weighted by atomic mass is 10.0. The summed E-state index contributed by atoms with van der Waals surface area (Å²) in [6.45, 7) is 1.66. The van der Waals surface area contributed by atoms with Crippen LogP contribution in [0, 0.1) is 18.6 Å². The van der Waals surface area contributed by atoms with Gasteiger partial charge < -0.3 is 5.11 Å². The van der Waals surface area contributed by atoms with Gasteiger partial charge >= 0.3 is 0 Å². The summed E-state index contributed by atoms with van der Waals surface area (Å²) < 4.78 is 26.4. The molecule has 2 aromatic carbocycles. The number of halogens is 3. The van der Waals surface area contributed by atoms with E-state index in [2.05, 4.69) is 0 Å². The Morgan fingerprint density at radius 2 is 1.84 bits per heavy atom. The second-order valence-electron chi connectivity index (χ2n) is 4.48. The molecule has 0 bridgehead atoms. The van der Waals surface area contributed by atoms with Crippen molar-refractivity contribution in [1.29, 1.82) is 0 Å². The summed E-state index contributed by atoms with van der Waals surface area (Å²) in [4.78, 5) is 0. The van der Waals surface area contributed by atoms with Gasteiger partial charge in [-0.2, -0.15) is 0 Å². The highest BCUT2D eigenvalue weighted by Crippen LogP contribution is 2.23. The minimum Gasteiger partial charge on any atom is -0.388 e. The van der Waals surface area contributed by atoms with Crippen LogP contribution in [0.5, 0.6) is 0 Å². The predicted molar refractivity (Wildman–Crippen MR) is 71.2 cm³/mol. The third-order valence-corrected chi connectivity index (χ3v) is 3.28. The van der Waals surface area contributed by atoms with Crippen LogP contribution in [0.1, 0.15) is 22.8 Å². The third-order valence-electron chi connectivity index (χ3n) is 2.99. The molecule has 1 N–H and O–H groups in total. The van der Waals surface area contributed by atoms with E-state index in [1.807, 2.05) is 0 Å². The number of hydrogen-bond acceptors (Lipinski definition) is 1. The Morgan fingerprint density at radius 3 is 2.47 bits per heavy atom. The van der Waals surface area contributed by atoms with Gasteiger partial charge in [-0.1, -0.05) is 29.8 Å². The van der Waals surface area contributed by atoms with Crippen LogP contribution in [0.25, 0.3) is 0 Å². The van der Waals surface area contributed by atoms with E-state index in [0.29, 0.717) is 16.7 Å². The molecule has 1 unspecified atom stereocenters. The molecule has 19 heavy (non-hydrogen) atoms. The smallest absolute Gasteiger partial charge is 0.141 e. The van der Waals surface area contributed by atoms with Gasteiger partial charge in [-0.05, 0) is 41.8 Å². The maximum atomic E-state index is 13.4. The first-order valence-electron chi connectivity index (χ1n) is 5.85. The van der Waals surface area contributed by atoms with Crippen molar-refractivity contribution < 1.29 is 13.9 Å². The molecule has 2 aromatic rings. The fourth-order valence-electron chi connectivity index (χ4n) is 1.82. The molecule has 4 heteroatoms. The van der Waals surface area contributed by atoms with Gasteiger partial charge in [0.15, 0.2) is 0 Å². The Kier molecular flexibility index (Phi) is 4.17. The van der Waals surface area contributed by atoms with Gasteiger partial charge in [0.1, 0.15) is 11.6 Å². The van der Waals surface area contributed by atoms with Crippen LogP contribution < -0.4 is 0 Å². The molecule has 100 valence electrons. The number of aliphatic hydroxyl groups is 1. The Hall–Kier alpha value is -1.45. The van der Waals surface area contributed by atoms with Crippen LogP contribution in [0.3, 0.4) is 0 Å². The van der Waals surface area contributed by atoms with E-state index < -0.39 is 11.9 Å². The first-order chi connectivity index (χ1) is 8.97. The zero-order valence-electron chi connectivity index (χ0n) is 10.3. The molecule has 0 radical (unpaired) electrons. The molecule has 0 saturated carbocycles. The Bertz CT molecular complexity index is 599. The van der Waals surface area contributed by atoms with E-state index in [0.717, 1.165) is 0 Å². The lowest BCUT2D eigenvalue weighted by Gasteiger charge is -2.12. The quantitative estimate of drug-likeness (QED) is 0.894. The standard InChI is InChI=1S/C15H13ClF2O/c1-9-2-4-11(8-14(9)18)15(19)7-10-3-5-13(17)12(16)6-10/h2-6,8,15,19H,7H2,1H3. The molecule has 0 aromatic heterocycles. The second-order valence-corrected chi connectivity index (χ2v) is 4.88. The number of benzene rings is 2.